The van der Waals surface area contributed by atoms with Gasteiger partial charge in [0.1, 0.15) is 6.04 Å². The molecule has 1 aromatic rings. The highest BCUT2D eigenvalue weighted by Gasteiger charge is 2.29. The van der Waals surface area contributed by atoms with Gasteiger partial charge in [0.05, 0.1) is 0 Å². The number of nitrogens with one attached hydrogen (secondary N) is 1. The lowest BCUT2D eigenvalue weighted by Gasteiger charge is -2.22. The Hall–Kier alpha value is -1.27. The lowest BCUT2D eigenvalue weighted by atomic mass is 10.2. The van der Waals surface area contributed by atoms with Crippen molar-refractivity contribution < 1.29 is 8.78 Å². The first-order valence-corrected chi connectivity index (χ1v) is 3.59. The normalized spacial score (nSPS) is 22.1. The number of tetrazole rings is 1. The Kier molecular flexibility index (Phi) is 1.63. The van der Waals surface area contributed by atoms with Crippen LogP contribution in [0.25, 0.3) is 0 Å². The summed E-state index contributed by atoms with van der Waals surface area (Å²) in [6.45, 7) is 0.495. The molecule has 2 rings (SSSR count). The third-order valence-corrected chi connectivity index (χ3v) is 1.82. The Morgan fingerprint density at radius 2 is 2.42 bits per heavy atom. The first kappa shape index (κ1) is 7.38. The van der Waals surface area contributed by atoms with Gasteiger partial charge in [-0.1, -0.05) is 5.10 Å². The zero-order valence-electron chi connectivity index (χ0n) is 6.11. The highest BCUT2D eigenvalue weighted by Crippen LogP contribution is 2.25. The van der Waals surface area contributed by atoms with Crippen LogP contribution in [0.4, 0.5) is 14.7 Å². The number of aromatic nitrogens is 4. The van der Waals surface area contributed by atoms with Crippen molar-refractivity contribution in [1.82, 2.24) is 20.2 Å². The summed E-state index contributed by atoms with van der Waals surface area (Å²) >= 11 is 0. The van der Waals surface area contributed by atoms with Crippen molar-refractivity contribution in [2.24, 2.45) is 0 Å². The van der Waals surface area contributed by atoms with Crippen molar-refractivity contribution >= 4 is 5.95 Å². The largest absolute Gasteiger partial charge is 0.353 e. The van der Waals surface area contributed by atoms with Crippen LogP contribution in [0.1, 0.15) is 12.5 Å². The number of hydrogen-bond acceptors (Lipinski definition) is 4. The summed E-state index contributed by atoms with van der Waals surface area (Å²) in [5.74, 6) is 0.326. The Labute approximate surface area is 66.7 Å². The van der Waals surface area contributed by atoms with Crippen LogP contribution in [-0.2, 0) is 0 Å². The van der Waals surface area contributed by atoms with Gasteiger partial charge in [-0.25, -0.2) is 13.5 Å². The summed E-state index contributed by atoms with van der Waals surface area (Å²) < 4.78 is 25.8. The average Bonchev–Trinajstić information content (AvgIpc) is 2.49. The van der Waals surface area contributed by atoms with Gasteiger partial charge in [0.2, 0.25) is 5.95 Å². The van der Waals surface area contributed by atoms with Crippen molar-refractivity contribution in [2.75, 3.05) is 11.9 Å². The summed E-state index contributed by atoms with van der Waals surface area (Å²) in [5.41, 5.74) is 0. The quantitative estimate of drug-likeness (QED) is 0.666. The molecule has 1 atom stereocenters. The molecule has 0 amide bonds. The zero-order chi connectivity index (χ0) is 8.55. The molecule has 0 bridgehead atoms. The monoisotopic (exact) mass is 175 g/mol. The number of anilines is 1. The van der Waals surface area contributed by atoms with Gasteiger partial charge in [-0.2, -0.15) is 0 Å². The second-order valence-corrected chi connectivity index (χ2v) is 2.56. The first-order chi connectivity index (χ1) is 5.79. The fraction of sp³-hybridized carbons (Fsp3) is 0.800. The van der Waals surface area contributed by atoms with Crippen LogP contribution in [0.5, 0.6) is 0 Å². The van der Waals surface area contributed by atoms with Crippen LogP contribution in [0.15, 0.2) is 0 Å². The molecule has 0 saturated heterocycles. The third-order valence-electron chi connectivity index (χ3n) is 1.82. The van der Waals surface area contributed by atoms with E-state index < -0.39 is 12.5 Å². The summed E-state index contributed by atoms with van der Waals surface area (Å²) in [6.07, 6.45) is -2.05. The van der Waals surface area contributed by atoms with E-state index in [4.69, 9.17) is 0 Å². The lowest BCUT2D eigenvalue weighted by molar-refractivity contribution is 0.0704. The van der Waals surface area contributed by atoms with Gasteiger partial charge < -0.3 is 5.32 Å². The van der Waals surface area contributed by atoms with Gasteiger partial charge in [0.25, 0.3) is 6.43 Å². The molecule has 1 N–H and O–H groups in total. The van der Waals surface area contributed by atoms with Crippen LogP contribution in [0.3, 0.4) is 0 Å². The van der Waals surface area contributed by atoms with E-state index in [1.807, 2.05) is 0 Å². The molecule has 0 saturated carbocycles. The highest BCUT2D eigenvalue weighted by atomic mass is 19.3. The zero-order valence-corrected chi connectivity index (χ0v) is 6.11. The standard InChI is InChI=1S/C5H7F2N5/c6-4(7)3-1-2-8-5-9-10-11-12(3)5/h3-4H,1-2H2,(H,8,9,11). The minimum Gasteiger partial charge on any atom is -0.353 e. The molecule has 2 heterocycles. The summed E-state index contributed by atoms with van der Waals surface area (Å²) in [5, 5.41) is 13.1. The molecule has 1 aliphatic rings. The van der Waals surface area contributed by atoms with E-state index in [0.717, 1.165) is 4.68 Å². The molecule has 66 valence electrons. The van der Waals surface area contributed by atoms with E-state index in [0.29, 0.717) is 18.9 Å². The minimum atomic E-state index is -2.41. The molecule has 1 aromatic heterocycles. The fourth-order valence-electron chi connectivity index (χ4n) is 1.22. The van der Waals surface area contributed by atoms with Crippen LogP contribution in [0, 0.1) is 0 Å². The van der Waals surface area contributed by atoms with E-state index in [9.17, 15) is 8.78 Å². The maximum atomic E-state index is 12.3. The van der Waals surface area contributed by atoms with Gasteiger partial charge in [-0.05, 0) is 16.8 Å². The number of rotatable bonds is 1. The number of nitrogens with zero attached hydrogens (tertiary/aromatic N) is 4. The smallest absolute Gasteiger partial charge is 0.260 e. The van der Waals surface area contributed by atoms with Crippen molar-refractivity contribution in [3.63, 3.8) is 0 Å². The Balaban J connectivity index is 2.31. The van der Waals surface area contributed by atoms with Crippen molar-refractivity contribution in [1.29, 1.82) is 0 Å². The minimum absolute atomic E-state index is 0.326. The third kappa shape index (κ3) is 1.01. The predicted octanol–water partition coefficient (Wildman–Crippen LogP) is 0.295. The molecule has 1 aliphatic heterocycles. The van der Waals surface area contributed by atoms with E-state index in [2.05, 4.69) is 20.8 Å². The van der Waals surface area contributed by atoms with Gasteiger partial charge in [-0.3, -0.25) is 0 Å². The van der Waals surface area contributed by atoms with E-state index >= 15 is 0 Å². The number of halogens is 2. The SMILES string of the molecule is FC(F)C1CCNc2nnnn21. The van der Waals surface area contributed by atoms with Crippen LogP contribution in [-0.4, -0.2) is 33.2 Å². The number of alkyl halides is 2. The van der Waals surface area contributed by atoms with E-state index in [1.54, 1.807) is 0 Å². The Morgan fingerprint density at radius 1 is 1.58 bits per heavy atom. The summed E-state index contributed by atoms with van der Waals surface area (Å²) in [4.78, 5) is 0. The maximum absolute atomic E-state index is 12.3. The molecule has 7 heteroatoms. The lowest BCUT2D eigenvalue weighted by Crippen LogP contribution is -2.28. The molecule has 12 heavy (non-hydrogen) atoms. The molecule has 0 fully saturated rings. The Morgan fingerprint density at radius 3 is 3.17 bits per heavy atom. The second-order valence-electron chi connectivity index (χ2n) is 2.56. The summed E-state index contributed by atoms with van der Waals surface area (Å²) in [7, 11) is 0. The van der Waals surface area contributed by atoms with Crippen molar-refractivity contribution in [3.8, 4) is 0 Å². The summed E-state index contributed by atoms with van der Waals surface area (Å²) in [6, 6.07) is -0.878. The maximum Gasteiger partial charge on any atom is 0.260 e. The molecule has 0 radical (unpaired) electrons. The predicted molar refractivity (Wildman–Crippen MR) is 36.0 cm³/mol. The number of hydrogen-bond donors (Lipinski definition) is 1. The van der Waals surface area contributed by atoms with Gasteiger partial charge in [0, 0.05) is 6.54 Å². The van der Waals surface area contributed by atoms with Gasteiger partial charge >= 0.3 is 0 Å². The van der Waals surface area contributed by atoms with E-state index in [-0.39, 0.29) is 0 Å². The van der Waals surface area contributed by atoms with Crippen LogP contribution < -0.4 is 5.32 Å². The Bertz CT molecular complexity index is 273. The molecule has 0 spiro atoms. The first-order valence-electron chi connectivity index (χ1n) is 3.59. The van der Waals surface area contributed by atoms with Crippen molar-refractivity contribution in [2.45, 2.75) is 18.9 Å². The molecule has 0 aliphatic carbocycles. The topological polar surface area (TPSA) is 55.6 Å². The molecular weight excluding hydrogens is 168 g/mol. The van der Waals surface area contributed by atoms with Gasteiger partial charge in [0.15, 0.2) is 0 Å². The molecule has 5 nitrogen and oxygen atoms in total. The fourth-order valence-corrected chi connectivity index (χ4v) is 1.22. The van der Waals surface area contributed by atoms with E-state index in [1.165, 1.54) is 0 Å². The van der Waals surface area contributed by atoms with Crippen molar-refractivity contribution in [3.05, 3.63) is 0 Å². The highest BCUT2D eigenvalue weighted by molar-refractivity contribution is 5.24. The van der Waals surface area contributed by atoms with Crippen LogP contribution >= 0.6 is 0 Å². The average molecular weight is 175 g/mol. The van der Waals surface area contributed by atoms with Crippen LogP contribution in [0.2, 0.25) is 0 Å². The molecular formula is C5H7F2N5. The number of fused-ring (bicyclic) bond motifs is 1. The molecule has 1 unspecified atom stereocenters. The second kappa shape index (κ2) is 2.65. The van der Waals surface area contributed by atoms with Gasteiger partial charge in [-0.15, -0.1) is 0 Å². The molecule has 0 aromatic carbocycles.